The van der Waals surface area contributed by atoms with Gasteiger partial charge in [0.15, 0.2) is 86.8 Å². The molecule has 98 heavy (non-hydrogen) atoms. The van der Waals surface area contributed by atoms with Gasteiger partial charge in [0.2, 0.25) is 0 Å². The highest BCUT2D eigenvalue weighted by molar-refractivity contribution is 5.76. The van der Waals surface area contributed by atoms with Crippen molar-refractivity contribution in [2.75, 3.05) is 99.5 Å². The van der Waals surface area contributed by atoms with Crippen molar-refractivity contribution in [3.63, 3.8) is 0 Å². The van der Waals surface area contributed by atoms with Gasteiger partial charge in [-0.2, -0.15) is 0 Å². The van der Waals surface area contributed by atoms with Crippen LogP contribution in [0, 0.1) is 0 Å². The summed E-state index contributed by atoms with van der Waals surface area (Å²) in [4.78, 5) is 94.2. The Morgan fingerprint density at radius 3 is 0.337 bits per heavy atom. The van der Waals surface area contributed by atoms with Crippen LogP contribution < -0.4 is 0 Å². The zero-order valence-electron chi connectivity index (χ0n) is 55.1. The van der Waals surface area contributed by atoms with Gasteiger partial charge in [-0.1, -0.05) is 0 Å². The van der Waals surface area contributed by atoms with Crippen LogP contribution in [0.1, 0.15) is 0 Å². The summed E-state index contributed by atoms with van der Waals surface area (Å²) in [5.41, 5.74) is 0. The number of aliphatic carboxylic acids is 7. The topological polar surface area (TPSA) is 520 Å². The quantitative estimate of drug-likeness (QED) is 0.0564. The molecule has 21 rings (SSSR count). The van der Waals surface area contributed by atoms with E-state index < -0.39 is 257 Å². The minimum Gasteiger partial charge on any atom is -0.479 e. The third-order valence-corrected chi connectivity index (χ3v) is 18.0. The third kappa shape index (κ3) is 15.4. The first-order valence-corrected chi connectivity index (χ1v) is 30.0. The van der Waals surface area contributed by atoms with Gasteiger partial charge >= 0.3 is 41.8 Å². The summed E-state index contributed by atoms with van der Waals surface area (Å²) in [6.45, 7) is 0. The van der Waals surface area contributed by atoms with Crippen LogP contribution in [0.4, 0.5) is 0 Å². The number of hydrogen-bond acceptors (Lipinski definition) is 35. The van der Waals surface area contributed by atoms with Gasteiger partial charge in [0, 0.05) is 99.5 Å². The summed E-state index contributed by atoms with van der Waals surface area (Å²) in [6, 6.07) is 0. The molecule has 21 fully saturated rings. The predicted molar refractivity (Wildman–Crippen MR) is 299 cm³/mol. The Hall–Kier alpha value is -4.83. The highest BCUT2D eigenvalue weighted by Crippen LogP contribution is 2.43. The molecule has 0 aromatic heterocycles. The lowest BCUT2D eigenvalue weighted by Gasteiger charge is -2.51. The van der Waals surface area contributed by atoms with E-state index in [2.05, 4.69) is 0 Å². The van der Waals surface area contributed by atoms with E-state index >= 15 is 0 Å². The van der Waals surface area contributed by atoms with E-state index in [1.807, 2.05) is 0 Å². The molecule has 0 unspecified atom stereocenters. The zero-order valence-corrected chi connectivity index (χ0v) is 55.1. The van der Waals surface area contributed by atoms with Crippen LogP contribution in [0.5, 0.6) is 0 Å². The smallest absolute Gasteiger partial charge is 0.335 e. The molecular formula is C56H84O42. The van der Waals surface area contributed by atoms with Crippen molar-refractivity contribution in [3.8, 4) is 0 Å². The first-order chi connectivity index (χ1) is 46.8. The van der Waals surface area contributed by atoms with Gasteiger partial charge in [-0.15, -0.1) is 0 Å². The molecule has 0 spiro atoms. The van der Waals surface area contributed by atoms with Crippen molar-refractivity contribution in [1.82, 2.24) is 0 Å². The third-order valence-electron chi connectivity index (χ3n) is 18.0. The van der Waals surface area contributed by atoms with Crippen LogP contribution in [0.2, 0.25) is 0 Å². The van der Waals surface area contributed by atoms with Gasteiger partial charge in [-0.05, 0) is 0 Å². The summed E-state index contributed by atoms with van der Waals surface area (Å²) >= 11 is 0. The maximum absolute atomic E-state index is 13.5. The number of carbonyl (C=O) groups is 7. The predicted octanol–water partition coefficient (Wildman–Crippen LogP) is -5.43. The van der Waals surface area contributed by atoms with E-state index in [-0.39, 0.29) is 0 Å². The second-order valence-corrected chi connectivity index (χ2v) is 22.9. The molecule has 0 aromatic carbocycles. The fraction of sp³-hybridized carbons (Fsp3) is 0.875. The molecule has 0 aliphatic carbocycles. The fourth-order valence-corrected chi connectivity index (χ4v) is 13.6. The van der Waals surface area contributed by atoms with Gasteiger partial charge in [-0.25, -0.2) is 33.6 Å². The SMILES string of the molecule is CO[C@@H]1[C@@H](OC)[C@H]2O[C@H]3[C@H](OC)[C@@H](OC)[C@@H](O[C@H]4[C@H](OC)[C@@H](OC)[C@@H](O[C@H]5[C@H](OC)[C@@H](OC)[C@@H](O[C@H]6[C@H](OC)[C@@H](OC)[C@@H](O[C@H]7[C@H](OC)[C@@H](OC)[C@@H](O[C@H]8[C@H](OC)[C@@H](OC)[C@@H](O[C@@H]1[C@@H](C(=O)O)O2)O[C@@H]8C(=O)O)O[C@@H]7C(=O)O)O[C@@H]6C(=O)O)O[C@@H]5C(=O)O)O[C@@H]4C(=O)O)O[C@@H]3C(=O)O. The summed E-state index contributed by atoms with van der Waals surface area (Å²) in [5, 5.41) is 76.3. The van der Waals surface area contributed by atoms with Crippen LogP contribution in [-0.2, 0) is 166 Å². The summed E-state index contributed by atoms with van der Waals surface area (Å²) in [6.07, 6.45) is -65.9. The Morgan fingerprint density at radius 2 is 0.265 bits per heavy atom. The maximum atomic E-state index is 13.5. The second kappa shape index (κ2) is 34.4. The van der Waals surface area contributed by atoms with Crippen molar-refractivity contribution in [2.45, 2.75) is 215 Å². The summed E-state index contributed by atoms with van der Waals surface area (Å²) < 4.78 is 168. The Balaban J connectivity index is 1.25. The van der Waals surface area contributed by atoms with E-state index in [9.17, 15) is 69.3 Å². The van der Waals surface area contributed by atoms with E-state index in [0.717, 1.165) is 99.5 Å². The molecule has 0 radical (unpaired) electrons. The second-order valence-electron chi connectivity index (χ2n) is 22.9. The van der Waals surface area contributed by atoms with E-state index in [4.69, 9.17) is 133 Å². The Bertz CT molecular complexity index is 2190. The molecule has 21 heterocycles. The van der Waals surface area contributed by atoms with Crippen LogP contribution in [-0.4, -0.2) is 392 Å². The van der Waals surface area contributed by atoms with Crippen LogP contribution >= 0.6 is 0 Å². The average Bonchev–Trinajstić information content (AvgIpc) is 0.761. The lowest BCUT2D eigenvalue weighted by molar-refractivity contribution is -0.392. The monoisotopic (exact) mass is 1430 g/mol. The van der Waals surface area contributed by atoms with Crippen LogP contribution in [0.15, 0.2) is 0 Å². The number of ether oxygens (including phenoxy) is 28. The molecular weight excluding hydrogens is 1340 g/mol. The van der Waals surface area contributed by atoms with E-state index in [0.29, 0.717) is 0 Å². The molecule has 14 bridgehead atoms. The summed E-state index contributed by atoms with van der Waals surface area (Å²) in [5.74, 6) is -12.5. The average molecular weight is 1430 g/mol. The molecule has 35 atom stereocenters. The molecule has 42 nitrogen and oxygen atoms in total. The van der Waals surface area contributed by atoms with Crippen molar-refractivity contribution in [2.24, 2.45) is 0 Å². The Kier molecular flexibility index (Phi) is 27.7. The maximum Gasteiger partial charge on any atom is 0.335 e. The molecule has 0 aromatic rings. The summed E-state index contributed by atoms with van der Waals surface area (Å²) in [7, 11) is 15.4. The van der Waals surface area contributed by atoms with Crippen LogP contribution in [0.25, 0.3) is 0 Å². The number of methoxy groups -OCH3 is 14. The zero-order chi connectivity index (χ0) is 72.0. The van der Waals surface area contributed by atoms with Gasteiger partial charge < -0.3 is 168 Å². The van der Waals surface area contributed by atoms with E-state index in [1.165, 1.54) is 0 Å². The van der Waals surface area contributed by atoms with Crippen LogP contribution in [0.3, 0.4) is 0 Å². The fourth-order valence-electron chi connectivity index (χ4n) is 13.6. The van der Waals surface area contributed by atoms with Gasteiger partial charge in [0.25, 0.3) is 0 Å². The van der Waals surface area contributed by atoms with Crippen molar-refractivity contribution in [3.05, 3.63) is 0 Å². The molecule has 0 saturated carbocycles. The van der Waals surface area contributed by atoms with Crippen molar-refractivity contribution >= 4 is 41.8 Å². The Morgan fingerprint density at radius 1 is 0.173 bits per heavy atom. The molecule has 7 N–H and O–H groups in total. The van der Waals surface area contributed by atoms with Crippen molar-refractivity contribution < 1.29 is 202 Å². The first kappa shape index (κ1) is 78.9. The lowest BCUT2D eigenvalue weighted by Crippen LogP contribution is -2.70. The number of hydrogen-bond donors (Lipinski definition) is 7. The highest BCUT2D eigenvalue weighted by atomic mass is 16.8. The van der Waals surface area contributed by atoms with Crippen molar-refractivity contribution in [1.29, 1.82) is 0 Å². The normalized spacial score (nSPS) is 45.7. The van der Waals surface area contributed by atoms with Gasteiger partial charge in [0.05, 0.1) is 0 Å². The first-order valence-electron chi connectivity index (χ1n) is 30.0. The largest absolute Gasteiger partial charge is 0.479 e. The van der Waals surface area contributed by atoms with E-state index in [1.54, 1.807) is 0 Å². The Labute approximate surface area is 557 Å². The van der Waals surface area contributed by atoms with Gasteiger partial charge in [-0.3, -0.25) is 0 Å². The minimum atomic E-state index is -2.23. The molecule has 21 aliphatic heterocycles. The highest BCUT2D eigenvalue weighted by Gasteiger charge is 2.65. The molecule has 0 amide bonds. The lowest BCUT2D eigenvalue weighted by atomic mass is 9.94. The number of carboxylic acid groups (broad SMARTS) is 7. The minimum absolute atomic E-state index is 1.09. The molecule has 42 heteroatoms. The molecule has 21 aliphatic rings. The molecule has 560 valence electrons. The number of rotatable bonds is 21. The number of carboxylic acids is 7. The van der Waals surface area contributed by atoms with Gasteiger partial charge in [0.1, 0.15) is 128 Å². The standard InChI is InChI=1S/C56H84O42/c1-71-15-22-29(43(57)58)92-50(36(15)78-8)86-23-16(72-2)38(80-10)52(94-30(23)44(59)60)88-25-18(74-4)40(82-12)54(96-32(25)46(63)64)90-27-20(76-6)42(84-14)56(98-34(27)48(67)68)91-28-21(77-7)41(83-13)55(97-35(28)49(69)70)89-26-19(75-5)39(81-11)53(95-33(26)47(65)66)87-24-17(73-3)37(79-9)51(85-22)93-31(24)45(61)62/h15-42,50-56H,1-14H3,(H,57,58)(H,59,60)(H,61,62)(H,63,64)(H,65,66)(H,67,68)(H,69,70)/t15-,16-,17-,18-,19-,20-,21-,22-,23-,24-,25-,26-,27-,28-,29-,30-,31-,32-,33-,34-,35-,36+,37+,38+,39+,40+,41+,42+,50-,51-,52-,53-,54-,55-,56-/m0/s1. The molecule has 21 saturated heterocycles.